The molecule has 2 amide bonds. The number of piperazine rings is 1. The van der Waals surface area contributed by atoms with Gasteiger partial charge in [-0.1, -0.05) is 19.4 Å². The number of aromatic amines is 1. The van der Waals surface area contributed by atoms with E-state index in [9.17, 15) is 9.59 Å². The Balaban J connectivity index is 1.37. The number of H-pyrrole nitrogens is 1. The van der Waals surface area contributed by atoms with Gasteiger partial charge in [0.15, 0.2) is 6.04 Å². The number of amides is 2. The first-order valence-electron chi connectivity index (χ1n) is 10.8. The lowest BCUT2D eigenvalue weighted by atomic mass is 10.1. The first kappa shape index (κ1) is 20.3. The van der Waals surface area contributed by atoms with Crippen LogP contribution in [0.1, 0.15) is 26.2 Å². The number of unbranched alkanes of at least 4 members (excludes halogenated alkanes) is 1. The molecule has 0 radical (unpaired) electrons. The van der Waals surface area contributed by atoms with Crippen LogP contribution in [0.4, 0.5) is 11.5 Å². The second-order valence-electron chi connectivity index (χ2n) is 7.91. The smallest absolute Gasteiger partial charge is 0.292 e. The summed E-state index contributed by atoms with van der Waals surface area (Å²) in [5.74, 6) is 1.65. The van der Waals surface area contributed by atoms with Crippen LogP contribution in [0.25, 0.3) is 0 Å². The molecule has 2 aliphatic rings. The predicted octanol–water partition coefficient (Wildman–Crippen LogP) is 0.717. The van der Waals surface area contributed by atoms with Crippen LogP contribution in [0.5, 0.6) is 5.75 Å². The van der Waals surface area contributed by atoms with Gasteiger partial charge in [-0.15, -0.1) is 0 Å². The summed E-state index contributed by atoms with van der Waals surface area (Å²) in [4.78, 5) is 33.9. The van der Waals surface area contributed by atoms with Crippen molar-refractivity contribution in [1.29, 1.82) is 0 Å². The first-order valence-corrected chi connectivity index (χ1v) is 10.8. The number of nitrogens with one attached hydrogen (secondary N) is 2. The van der Waals surface area contributed by atoms with Crippen molar-refractivity contribution in [2.24, 2.45) is 0 Å². The molecule has 2 aliphatic heterocycles. The number of benzene rings is 1. The van der Waals surface area contributed by atoms with Crippen molar-refractivity contribution in [2.45, 2.75) is 32.2 Å². The van der Waals surface area contributed by atoms with Crippen LogP contribution in [0.3, 0.4) is 0 Å². The van der Waals surface area contributed by atoms with Crippen LogP contribution in [0.2, 0.25) is 0 Å². The number of anilines is 2. The molecule has 0 saturated carbocycles. The maximum absolute atomic E-state index is 13.1. The lowest BCUT2D eigenvalue weighted by Crippen LogP contribution is -3.19. The largest absolute Gasteiger partial charge is 0.494 e. The molecule has 3 heterocycles. The van der Waals surface area contributed by atoms with Crippen molar-refractivity contribution in [2.75, 3.05) is 42.6 Å². The minimum Gasteiger partial charge on any atom is -0.494 e. The van der Waals surface area contributed by atoms with E-state index in [1.54, 1.807) is 12.1 Å². The second-order valence-corrected chi connectivity index (χ2v) is 7.91. The summed E-state index contributed by atoms with van der Waals surface area (Å²) < 4.78 is 5.68. The van der Waals surface area contributed by atoms with Crippen LogP contribution in [0, 0.1) is 0 Å². The molecular weight excluding hydrogens is 380 g/mol. The van der Waals surface area contributed by atoms with E-state index in [-0.39, 0.29) is 24.3 Å². The van der Waals surface area contributed by atoms with Crippen molar-refractivity contribution in [3.05, 3.63) is 48.7 Å². The fraction of sp³-hybridized carbons (Fsp3) is 0.435. The Morgan fingerprint density at radius 2 is 1.87 bits per heavy atom. The Morgan fingerprint density at radius 3 is 2.53 bits per heavy atom. The Labute approximate surface area is 177 Å². The van der Waals surface area contributed by atoms with E-state index in [0.717, 1.165) is 50.6 Å². The molecule has 2 N–H and O–H groups in total. The topological polar surface area (TPSA) is 68.4 Å². The third-order valence-corrected chi connectivity index (χ3v) is 5.94. The molecule has 0 spiro atoms. The number of hydrogen-bond donors (Lipinski definition) is 1. The van der Waals surface area contributed by atoms with Crippen LogP contribution in [-0.4, -0.2) is 50.6 Å². The number of carbonyl (C=O) groups excluding carboxylic acids is 2. The number of rotatable bonds is 7. The predicted molar refractivity (Wildman–Crippen MR) is 114 cm³/mol. The third-order valence-electron chi connectivity index (χ3n) is 5.94. The quantitative estimate of drug-likeness (QED) is 0.540. The molecule has 2 fully saturated rings. The van der Waals surface area contributed by atoms with Gasteiger partial charge in [0, 0.05) is 6.07 Å². The van der Waals surface area contributed by atoms with E-state index in [1.165, 1.54) is 9.80 Å². The van der Waals surface area contributed by atoms with Gasteiger partial charge in [-0.25, -0.2) is 9.88 Å². The molecule has 0 bridgehead atoms. The van der Waals surface area contributed by atoms with Gasteiger partial charge in [0.2, 0.25) is 5.91 Å². The first-order chi connectivity index (χ1) is 14.7. The summed E-state index contributed by atoms with van der Waals surface area (Å²) >= 11 is 0. The molecule has 1 aromatic carbocycles. The summed E-state index contributed by atoms with van der Waals surface area (Å²) in [5, 5.41) is 0. The third kappa shape index (κ3) is 4.31. The van der Waals surface area contributed by atoms with Gasteiger partial charge in [-0.2, -0.15) is 0 Å². The van der Waals surface area contributed by atoms with E-state index >= 15 is 0 Å². The number of ether oxygens (including phenoxy) is 1. The Hall–Kier alpha value is -2.93. The number of pyridine rings is 1. The van der Waals surface area contributed by atoms with Crippen LogP contribution in [0.15, 0.2) is 48.7 Å². The fourth-order valence-electron chi connectivity index (χ4n) is 4.21. The standard InChI is InChI=1S/C23H28N4O3/c1-2-3-16-30-19-9-7-18(8-10-19)27-22(28)17-20(23(27)29)25-12-14-26(15-13-25)21-6-4-5-11-24-21/h4-11,20H,2-3,12-17H2,1H3/p+2/t20-/m0/s1. The highest BCUT2D eigenvalue weighted by Crippen LogP contribution is 2.25. The normalized spacial score (nSPS) is 20.1. The fourth-order valence-corrected chi connectivity index (χ4v) is 4.21. The summed E-state index contributed by atoms with van der Waals surface area (Å²) in [7, 11) is 0. The van der Waals surface area contributed by atoms with Crippen LogP contribution >= 0.6 is 0 Å². The van der Waals surface area contributed by atoms with E-state index in [1.807, 2.05) is 30.5 Å². The van der Waals surface area contributed by atoms with Crippen molar-refractivity contribution < 1.29 is 24.2 Å². The Bertz CT molecular complexity index is 864. The zero-order valence-corrected chi connectivity index (χ0v) is 17.5. The molecule has 0 unspecified atom stereocenters. The van der Waals surface area contributed by atoms with Crippen molar-refractivity contribution in [3.8, 4) is 5.75 Å². The highest BCUT2D eigenvalue weighted by atomic mass is 16.5. The van der Waals surface area contributed by atoms with Gasteiger partial charge in [0.05, 0.1) is 24.9 Å². The number of nitrogens with zero attached hydrogens (tertiary/aromatic N) is 2. The van der Waals surface area contributed by atoms with Crippen molar-refractivity contribution >= 4 is 23.3 Å². The average molecular weight is 411 g/mol. The number of aromatic nitrogens is 1. The SMILES string of the molecule is CCCCOc1ccc(N2C(=O)C[C@H]([NH+]3CCN(c4cccc[nH+]4)CC3)C2=O)cc1. The number of quaternary nitrogens is 1. The van der Waals surface area contributed by atoms with E-state index in [4.69, 9.17) is 4.74 Å². The summed E-state index contributed by atoms with van der Waals surface area (Å²) in [6.45, 7) is 6.19. The highest BCUT2D eigenvalue weighted by Gasteiger charge is 2.47. The molecule has 2 saturated heterocycles. The molecule has 7 heteroatoms. The van der Waals surface area contributed by atoms with Gasteiger partial charge in [-0.05, 0) is 36.8 Å². The maximum Gasteiger partial charge on any atom is 0.292 e. The molecule has 30 heavy (non-hydrogen) atoms. The van der Waals surface area contributed by atoms with E-state index in [2.05, 4.69) is 22.9 Å². The van der Waals surface area contributed by atoms with Gasteiger partial charge < -0.3 is 9.64 Å². The average Bonchev–Trinajstić information content (AvgIpc) is 3.09. The van der Waals surface area contributed by atoms with Gasteiger partial charge in [0.25, 0.3) is 11.7 Å². The van der Waals surface area contributed by atoms with E-state index < -0.39 is 0 Å². The molecule has 4 rings (SSSR count). The maximum atomic E-state index is 13.1. The number of imide groups is 1. The highest BCUT2D eigenvalue weighted by molar-refractivity contribution is 6.21. The molecule has 7 nitrogen and oxygen atoms in total. The van der Waals surface area contributed by atoms with Gasteiger partial charge in [0.1, 0.15) is 31.9 Å². The molecule has 1 aromatic heterocycles. The second kappa shape index (κ2) is 9.26. The summed E-state index contributed by atoms with van der Waals surface area (Å²) in [6.07, 6.45) is 4.29. The van der Waals surface area contributed by atoms with E-state index in [0.29, 0.717) is 12.3 Å². The van der Waals surface area contributed by atoms with Crippen LogP contribution in [-0.2, 0) is 9.59 Å². The monoisotopic (exact) mass is 410 g/mol. The zero-order chi connectivity index (χ0) is 20.9. The van der Waals surface area contributed by atoms with Crippen LogP contribution < -0.4 is 24.4 Å². The Morgan fingerprint density at radius 1 is 1.10 bits per heavy atom. The molecule has 158 valence electrons. The molecule has 2 aromatic rings. The Kier molecular flexibility index (Phi) is 6.28. The lowest BCUT2D eigenvalue weighted by Gasteiger charge is -2.31. The minimum absolute atomic E-state index is 0.0885. The zero-order valence-electron chi connectivity index (χ0n) is 17.5. The molecule has 0 aliphatic carbocycles. The minimum atomic E-state index is -0.292. The molecule has 1 atom stereocenters. The van der Waals surface area contributed by atoms with Gasteiger partial charge >= 0.3 is 0 Å². The summed E-state index contributed by atoms with van der Waals surface area (Å²) in [6, 6.07) is 13.0. The van der Waals surface area contributed by atoms with Crippen molar-refractivity contribution in [3.63, 3.8) is 0 Å². The number of hydrogen-bond acceptors (Lipinski definition) is 4. The lowest BCUT2D eigenvalue weighted by molar-refractivity contribution is -0.915. The summed E-state index contributed by atoms with van der Waals surface area (Å²) in [5.41, 5.74) is 0.632. The van der Waals surface area contributed by atoms with Crippen molar-refractivity contribution in [1.82, 2.24) is 0 Å². The van der Waals surface area contributed by atoms with Gasteiger partial charge in [-0.3, -0.25) is 14.5 Å². The molecular formula is C23H30N4O3+2. The number of carbonyl (C=O) groups is 2.